The molecule has 1 aliphatic heterocycles. The average molecular weight is 395 g/mol. The maximum absolute atomic E-state index is 13.8. The Morgan fingerprint density at radius 3 is 2.64 bits per heavy atom. The molecule has 28 heavy (non-hydrogen) atoms. The topological polar surface area (TPSA) is 87.0 Å². The van der Waals surface area contributed by atoms with Crippen molar-refractivity contribution in [3.63, 3.8) is 0 Å². The van der Waals surface area contributed by atoms with Gasteiger partial charge in [0, 0.05) is 13.1 Å². The second-order valence-corrected chi connectivity index (χ2v) is 6.93. The Hall–Kier alpha value is -3.26. The molecule has 0 spiro atoms. The maximum Gasteiger partial charge on any atom is 0.264 e. The molecule has 2 heterocycles. The summed E-state index contributed by atoms with van der Waals surface area (Å²) in [6.45, 7) is 1.35. The number of rotatable bonds is 3. The number of hydrogen-bond acceptors (Lipinski definition) is 5. The first-order valence-electron chi connectivity index (χ1n) is 8.80. The van der Waals surface area contributed by atoms with Gasteiger partial charge in [-0.3, -0.25) is 9.78 Å². The Morgan fingerprint density at radius 1 is 1.18 bits per heavy atom. The number of nitrogens with one attached hydrogen (secondary N) is 2. The Balaban J connectivity index is 1.60. The van der Waals surface area contributed by atoms with Crippen LogP contribution in [0.3, 0.4) is 0 Å². The first kappa shape index (κ1) is 18.1. The Labute approximate surface area is 166 Å². The van der Waals surface area contributed by atoms with Gasteiger partial charge in [0.05, 0.1) is 5.69 Å². The van der Waals surface area contributed by atoms with E-state index in [1.165, 1.54) is 23.3 Å². The maximum atomic E-state index is 13.8. The lowest BCUT2D eigenvalue weighted by Crippen LogP contribution is -2.35. The van der Waals surface area contributed by atoms with Crippen LogP contribution < -0.4 is 21.5 Å². The lowest BCUT2D eigenvalue weighted by Gasteiger charge is -2.29. The summed E-state index contributed by atoms with van der Waals surface area (Å²) in [7, 11) is 0. The fourth-order valence-corrected chi connectivity index (χ4v) is 3.58. The zero-order valence-corrected chi connectivity index (χ0v) is 15.7. The molecule has 2 aromatic carbocycles. The van der Waals surface area contributed by atoms with Crippen LogP contribution in [0, 0.1) is 5.82 Å². The molecule has 0 aliphatic carbocycles. The van der Waals surface area contributed by atoms with Gasteiger partial charge in [0.1, 0.15) is 22.2 Å². The lowest BCUT2D eigenvalue weighted by molar-refractivity contribution is 0.632. The summed E-state index contributed by atoms with van der Waals surface area (Å²) in [5.41, 5.74) is 8.25. The van der Waals surface area contributed by atoms with E-state index in [4.69, 9.17) is 18.0 Å². The summed E-state index contributed by atoms with van der Waals surface area (Å²) in [4.78, 5) is 21.7. The van der Waals surface area contributed by atoms with E-state index in [1.807, 2.05) is 17.0 Å². The fraction of sp³-hybridized carbons (Fsp3) is 0.150. The van der Waals surface area contributed by atoms with Crippen LogP contribution in [0.25, 0.3) is 0 Å². The van der Waals surface area contributed by atoms with E-state index in [1.54, 1.807) is 12.1 Å². The van der Waals surface area contributed by atoms with Crippen LogP contribution in [-0.4, -0.2) is 21.5 Å². The number of benzene rings is 2. The van der Waals surface area contributed by atoms with Crippen molar-refractivity contribution in [2.75, 3.05) is 22.5 Å². The number of para-hydroxylation sites is 1. The van der Waals surface area contributed by atoms with Crippen molar-refractivity contribution in [3.05, 3.63) is 81.4 Å². The normalized spacial score (nSPS) is 13.1. The van der Waals surface area contributed by atoms with E-state index in [0.29, 0.717) is 12.5 Å². The molecule has 4 rings (SSSR count). The highest BCUT2D eigenvalue weighted by Crippen LogP contribution is 2.22. The van der Waals surface area contributed by atoms with Crippen molar-refractivity contribution in [2.45, 2.75) is 13.0 Å². The third-order valence-corrected chi connectivity index (χ3v) is 5.02. The Morgan fingerprint density at radius 2 is 1.89 bits per heavy atom. The largest absolute Gasteiger partial charge is 0.383 e. The minimum atomic E-state index is -0.476. The van der Waals surface area contributed by atoms with Gasteiger partial charge in [-0.05, 0) is 29.7 Å². The number of aromatic amines is 1. The Bertz CT molecular complexity index is 1110. The van der Waals surface area contributed by atoms with Crippen LogP contribution in [-0.2, 0) is 13.0 Å². The minimum absolute atomic E-state index is 0.00597. The molecule has 0 fully saturated rings. The molecule has 0 saturated carbocycles. The molecule has 0 atom stereocenters. The van der Waals surface area contributed by atoms with E-state index in [2.05, 4.69) is 27.4 Å². The molecule has 6 nitrogen and oxygen atoms in total. The summed E-state index contributed by atoms with van der Waals surface area (Å²) in [5, 5.41) is 2.72. The highest BCUT2D eigenvalue weighted by molar-refractivity contribution is 7.81. The molecule has 0 amide bonds. The fourth-order valence-electron chi connectivity index (χ4n) is 3.27. The predicted octanol–water partition coefficient (Wildman–Crippen LogP) is 2.84. The molecular weight excluding hydrogens is 377 g/mol. The van der Waals surface area contributed by atoms with E-state index in [0.717, 1.165) is 13.0 Å². The van der Waals surface area contributed by atoms with Gasteiger partial charge in [-0.2, -0.15) is 4.98 Å². The van der Waals surface area contributed by atoms with Crippen molar-refractivity contribution in [1.29, 1.82) is 0 Å². The van der Waals surface area contributed by atoms with Crippen molar-refractivity contribution in [2.24, 2.45) is 0 Å². The third-order valence-electron chi connectivity index (χ3n) is 4.71. The summed E-state index contributed by atoms with van der Waals surface area (Å²) >= 11 is 5.26. The number of H-pyrrole nitrogens is 1. The second kappa shape index (κ2) is 7.40. The number of nitrogen functional groups attached to an aromatic ring is 1. The SMILES string of the molecule is Nc1nc(N2CCc3ccccc3C2)[nH]c(=O)c1C(=S)Nc1ccccc1F. The van der Waals surface area contributed by atoms with Crippen molar-refractivity contribution < 1.29 is 4.39 Å². The highest BCUT2D eigenvalue weighted by atomic mass is 32.1. The van der Waals surface area contributed by atoms with E-state index < -0.39 is 11.4 Å². The molecule has 142 valence electrons. The van der Waals surface area contributed by atoms with Gasteiger partial charge in [-0.1, -0.05) is 48.6 Å². The molecule has 1 aliphatic rings. The van der Waals surface area contributed by atoms with E-state index in [-0.39, 0.29) is 22.1 Å². The van der Waals surface area contributed by atoms with Crippen LogP contribution in [0.2, 0.25) is 0 Å². The van der Waals surface area contributed by atoms with Crippen LogP contribution in [0.4, 0.5) is 21.8 Å². The summed E-state index contributed by atoms with van der Waals surface area (Å²) in [6, 6.07) is 14.2. The predicted molar refractivity (Wildman–Crippen MR) is 112 cm³/mol. The summed E-state index contributed by atoms with van der Waals surface area (Å²) < 4.78 is 13.8. The molecule has 1 aromatic heterocycles. The second-order valence-electron chi connectivity index (χ2n) is 6.52. The van der Waals surface area contributed by atoms with E-state index >= 15 is 0 Å². The zero-order chi connectivity index (χ0) is 19.7. The average Bonchev–Trinajstić information content (AvgIpc) is 2.69. The molecular formula is C20H18FN5OS. The van der Waals surface area contributed by atoms with Crippen LogP contribution in [0.15, 0.2) is 53.3 Å². The molecule has 0 saturated heterocycles. The first-order valence-corrected chi connectivity index (χ1v) is 9.21. The number of nitrogens with two attached hydrogens (primary N) is 1. The highest BCUT2D eigenvalue weighted by Gasteiger charge is 2.21. The quantitative estimate of drug-likeness (QED) is 0.591. The first-order chi connectivity index (χ1) is 13.5. The van der Waals surface area contributed by atoms with Gasteiger partial charge < -0.3 is 16.0 Å². The number of hydrogen-bond donors (Lipinski definition) is 3. The standard InChI is InChI=1S/C20H18FN5OS/c21-14-7-3-4-8-15(14)23-19(28)16-17(22)24-20(25-18(16)27)26-10-9-12-5-1-2-6-13(12)11-26/h1-8H,9-11H2,(H,23,28)(H3,22,24,25,27). The lowest BCUT2D eigenvalue weighted by atomic mass is 10.0. The van der Waals surface area contributed by atoms with Crippen LogP contribution in [0.5, 0.6) is 0 Å². The monoisotopic (exact) mass is 395 g/mol. The molecule has 3 aromatic rings. The van der Waals surface area contributed by atoms with Crippen molar-refractivity contribution in [3.8, 4) is 0 Å². The molecule has 4 N–H and O–H groups in total. The third kappa shape index (κ3) is 3.46. The molecule has 0 bridgehead atoms. The van der Waals surface area contributed by atoms with Gasteiger partial charge in [0.15, 0.2) is 0 Å². The van der Waals surface area contributed by atoms with Gasteiger partial charge in [0.25, 0.3) is 5.56 Å². The number of nitrogens with zero attached hydrogens (tertiary/aromatic N) is 2. The number of thiocarbonyl (C=S) groups is 1. The van der Waals surface area contributed by atoms with Crippen molar-refractivity contribution in [1.82, 2.24) is 9.97 Å². The van der Waals surface area contributed by atoms with Gasteiger partial charge >= 0.3 is 0 Å². The van der Waals surface area contributed by atoms with Crippen LogP contribution in [0.1, 0.15) is 16.7 Å². The number of fused-ring (bicyclic) bond motifs is 1. The zero-order valence-electron chi connectivity index (χ0n) is 14.9. The molecule has 0 unspecified atom stereocenters. The van der Waals surface area contributed by atoms with Gasteiger partial charge in [0.2, 0.25) is 5.95 Å². The molecule has 0 radical (unpaired) electrons. The Kier molecular flexibility index (Phi) is 4.79. The summed E-state index contributed by atoms with van der Waals surface area (Å²) in [5.74, 6) is -0.0719. The van der Waals surface area contributed by atoms with Crippen molar-refractivity contribution >= 4 is 34.7 Å². The minimum Gasteiger partial charge on any atom is -0.383 e. The van der Waals surface area contributed by atoms with Crippen LogP contribution >= 0.6 is 12.2 Å². The number of halogens is 1. The van der Waals surface area contributed by atoms with E-state index in [9.17, 15) is 9.18 Å². The van der Waals surface area contributed by atoms with Gasteiger partial charge in [-0.25, -0.2) is 4.39 Å². The number of anilines is 3. The summed E-state index contributed by atoms with van der Waals surface area (Å²) in [6.07, 6.45) is 0.856. The van der Waals surface area contributed by atoms with Gasteiger partial charge in [-0.15, -0.1) is 0 Å². The molecule has 8 heteroatoms. The number of aromatic nitrogens is 2. The smallest absolute Gasteiger partial charge is 0.264 e.